The van der Waals surface area contributed by atoms with Crippen LogP contribution in [-0.2, 0) is 19.2 Å². The van der Waals surface area contributed by atoms with E-state index in [1.54, 1.807) is 11.8 Å². The summed E-state index contributed by atoms with van der Waals surface area (Å²) >= 11 is 0. The van der Waals surface area contributed by atoms with E-state index >= 15 is 0 Å². The Morgan fingerprint density at radius 3 is 1.57 bits per heavy atom. The molecule has 1 radical (unpaired) electrons. The first-order chi connectivity index (χ1) is 19.4. The molecule has 0 bridgehead atoms. The van der Waals surface area contributed by atoms with Crippen molar-refractivity contribution in [2.75, 3.05) is 90.5 Å². The number of nitrogens with zero attached hydrogens (tertiary/aromatic N) is 4. The number of ether oxygens (including phenoxy) is 1. The van der Waals surface area contributed by atoms with Crippen LogP contribution in [0, 0.1) is 39.9 Å². The first kappa shape index (κ1) is 37.7. The maximum Gasteiger partial charge on any atom is 3.00 e. The Labute approximate surface area is 274 Å². The summed E-state index contributed by atoms with van der Waals surface area (Å²) in [6.07, 6.45) is 0.318. The fourth-order valence-electron chi connectivity index (χ4n) is 4.66. The maximum absolute atomic E-state index is 12.2. The number of carbonyl (C=O) groups excluding carboxylic acids is 4. The van der Waals surface area contributed by atoms with Crippen molar-refractivity contribution in [1.29, 1.82) is 0 Å². The number of aliphatic carboxylic acids is 4. The maximum atomic E-state index is 12.2. The van der Waals surface area contributed by atoms with Gasteiger partial charge in [0.15, 0.2) is 5.75 Å². The summed E-state index contributed by atoms with van der Waals surface area (Å²) in [4.78, 5) is 75.5. The quantitative estimate of drug-likeness (QED) is 0.130. The summed E-state index contributed by atoms with van der Waals surface area (Å²) in [5.41, 5.74) is -1.41. The van der Waals surface area contributed by atoms with Crippen LogP contribution >= 0.6 is 0 Å². The molecule has 16 nitrogen and oxygen atoms in total. The summed E-state index contributed by atoms with van der Waals surface area (Å²) in [7, 11) is 0. The van der Waals surface area contributed by atoms with Gasteiger partial charge in [-0.1, -0.05) is 0 Å². The van der Waals surface area contributed by atoms with Gasteiger partial charge in [0.2, 0.25) is 0 Å². The van der Waals surface area contributed by atoms with E-state index in [9.17, 15) is 49.2 Å². The van der Waals surface area contributed by atoms with Gasteiger partial charge in [-0.25, -0.2) is 0 Å². The molecule has 1 N–H and O–H groups in total. The zero-order valence-corrected chi connectivity index (χ0v) is 25.6. The molecule has 1 heterocycles. The molecule has 0 aromatic heterocycles. The number of rotatable bonds is 15. The largest absolute Gasteiger partial charge is 3.00 e. The van der Waals surface area contributed by atoms with Crippen molar-refractivity contribution in [2.45, 2.75) is 25.8 Å². The van der Waals surface area contributed by atoms with Crippen molar-refractivity contribution in [3.05, 3.63) is 20.4 Å². The average Bonchev–Trinajstić information content (AvgIpc) is 2.89. The predicted octanol–water partition coefficient (Wildman–Crippen LogP) is -7.54. The normalized spacial score (nSPS) is 17.4. The Kier molecular flexibility index (Phi) is 17.2. The number of carbonyl (C=O) groups is 4. The van der Waals surface area contributed by atoms with Crippen LogP contribution in [0.2, 0.25) is 0 Å². The zero-order valence-electron chi connectivity index (χ0n) is 23.3. The number of carboxylic acid groups (broad SMARTS) is 4. The van der Waals surface area contributed by atoms with E-state index in [0.29, 0.717) is 0 Å². The molecular weight excluding hydrogens is 704 g/mol. The summed E-state index contributed by atoms with van der Waals surface area (Å²) in [6.45, 7) is 1.51. The second kappa shape index (κ2) is 19.1. The van der Waals surface area contributed by atoms with E-state index in [1.165, 1.54) is 14.7 Å². The molecule has 1 fully saturated rings. The molecule has 0 amide bonds. The molecule has 2 rings (SSSR count). The topological polar surface area (TPSA) is 229 Å². The van der Waals surface area contributed by atoms with Gasteiger partial charge in [0.05, 0.1) is 30.5 Å². The van der Waals surface area contributed by atoms with Crippen LogP contribution < -0.4 is 41.3 Å². The number of nitrogens with one attached hydrogen (secondary N) is 1. The fraction of sp³-hybridized carbons (Fsp3) is 0.680. The number of hydrogen-bond acceptors (Lipinski definition) is 16. The minimum Gasteiger partial charge on any atom is -0.549 e. The monoisotopic (exact) mass is 739 g/mol. The van der Waals surface area contributed by atoms with E-state index in [4.69, 9.17) is 4.74 Å². The second-order valence-corrected chi connectivity index (χ2v) is 9.68. The van der Waals surface area contributed by atoms with E-state index in [1.807, 2.05) is 0 Å². The van der Waals surface area contributed by atoms with E-state index in [-0.39, 0.29) is 130 Å². The van der Waals surface area contributed by atoms with Gasteiger partial charge in [0.25, 0.3) is 10.9 Å². The number of hydrogen-bond donors (Lipinski definition) is 1. The first-order valence-corrected chi connectivity index (χ1v) is 13.3. The van der Waals surface area contributed by atoms with Crippen LogP contribution in [0.5, 0.6) is 5.75 Å². The molecule has 0 saturated carbocycles. The van der Waals surface area contributed by atoms with E-state index < -0.39 is 60.4 Å². The van der Waals surface area contributed by atoms with Crippen LogP contribution in [0.25, 0.3) is 0 Å². The van der Waals surface area contributed by atoms with Crippen LogP contribution in [0.1, 0.15) is 19.8 Å². The van der Waals surface area contributed by atoms with Crippen LogP contribution in [0.4, 0.5) is 5.69 Å². The van der Waals surface area contributed by atoms with Crippen LogP contribution in [0.3, 0.4) is 0 Å². The van der Waals surface area contributed by atoms with Gasteiger partial charge in [-0.05, 0) is 19.8 Å². The van der Waals surface area contributed by atoms with E-state index in [2.05, 4.69) is 5.32 Å². The molecule has 1 aliphatic rings. The van der Waals surface area contributed by atoms with Crippen LogP contribution in [-0.4, -0.2) is 135 Å². The van der Waals surface area contributed by atoms with Crippen molar-refractivity contribution < 1.29 is 84.3 Å². The average molecular weight is 739 g/mol. The smallest absolute Gasteiger partial charge is 0.549 e. The SMILES string of the molecule is CCOc1c(NCCCC(C(=O)[O-])N2CCN(CC(=O)[O-])CCN(CC(=O)[O-])CCN(CC(=O)[O-])CC2)c(=O)c1=O.[Gd+3]. The van der Waals surface area contributed by atoms with Crippen molar-refractivity contribution in [2.24, 2.45) is 0 Å². The fourth-order valence-corrected chi connectivity index (χ4v) is 4.66. The summed E-state index contributed by atoms with van der Waals surface area (Å²) in [5.74, 6) is -5.51. The van der Waals surface area contributed by atoms with Crippen molar-refractivity contribution >= 4 is 29.6 Å². The number of anilines is 1. The molecule has 1 atom stereocenters. The van der Waals surface area contributed by atoms with Gasteiger partial charge in [-0.3, -0.25) is 29.2 Å². The molecule has 1 saturated heterocycles. The Morgan fingerprint density at radius 2 is 1.19 bits per heavy atom. The molecule has 235 valence electrons. The molecule has 1 aromatic carbocycles. The minimum absolute atomic E-state index is 0. The summed E-state index contributed by atoms with van der Waals surface area (Å²) in [6, 6.07) is -1.14. The Bertz CT molecular complexity index is 1090. The van der Waals surface area contributed by atoms with Gasteiger partial charge >= 0.3 is 39.9 Å². The molecule has 0 aliphatic carbocycles. The zero-order chi connectivity index (χ0) is 30.5. The van der Waals surface area contributed by atoms with Crippen molar-refractivity contribution in [3.63, 3.8) is 0 Å². The number of carboxylic acids is 4. The van der Waals surface area contributed by atoms with Gasteiger partial charge in [0, 0.05) is 84.6 Å². The molecular formula is C25H35GdN5O11-. The Morgan fingerprint density at radius 1 is 0.762 bits per heavy atom. The van der Waals surface area contributed by atoms with Crippen LogP contribution in [0.15, 0.2) is 9.59 Å². The van der Waals surface area contributed by atoms with Crippen molar-refractivity contribution in [3.8, 4) is 5.75 Å². The predicted molar refractivity (Wildman–Crippen MR) is 135 cm³/mol. The molecule has 17 heteroatoms. The van der Waals surface area contributed by atoms with Gasteiger partial charge in [-0.2, -0.15) is 0 Å². The van der Waals surface area contributed by atoms with Gasteiger partial charge in [-0.15, -0.1) is 0 Å². The summed E-state index contributed by atoms with van der Waals surface area (Å²) < 4.78 is 5.15. The van der Waals surface area contributed by atoms with E-state index in [0.717, 1.165) is 0 Å². The minimum atomic E-state index is -1.39. The summed E-state index contributed by atoms with van der Waals surface area (Å²) in [5, 5.41) is 48.8. The Balaban J connectivity index is 0.00000882. The third kappa shape index (κ3) is 12.5. The molecule has 42 heavy (non-hydrogen) atoms. The standard InChI is InChI=1S/C25H39N5O11.Gd/c1-2-41-24-21(22(37)23(24)38)26-5-3-4-17(25(39)40)30-12-10-28(15-19(33)34)8-6-27(14-18(31)32)7-9-29(11-13-30)16-20(35)36;/h17,26H,2-16H2,1H3,(H,31,32)(H,33,34)(H,35,36)(H,39,40);/q;+3/p-4. The Hall–Kier alpha value is -2.28. The first-order valence-electron chi connectivity index (χ1n) is 13.3. The third-order valence-electron chi connectivity index (χ3n) is 6.75. The second-order valence-electron chi connectivity index (χ2n) is 9.68. The van der Waals surface area contributed by atoms with Crippen molar-refractivity contribution in [1.82, 2.24) is 19.6 Å². The third-order valence-corrected chi connectivity index (χ3v) is 6.75. The van der Waals surface area contributed by atoms with Gasteiger partial charge in [0.1, 0.15) is 5.69 Å². The van der Waals surface area contributed by atoms with Gasteiger partial charge < -0.3 is 49.7 Å². The molecule has 1 aliphatic heterocycles. The molecule has 1 unspecified atom stereocenters. The molecule has 0 spiro atoms. The molecule has 1 aromatic rings.